The third-order valence-electron chi connectivity index (χ3n) is 2.23. The first kappa shape index (κ1) is 11.8. The number of nitrogens with zero attached hydrogens (tertiary/aromatic N) is 2. The molecule has 88 valence electrons. The van der Waals surface area contributed by atoms with E-state index in [0.717, 1.165) is 0 Å². The fourth-order valence-corrected chi connectivity index (χ4v) is 1.61. The topological polar surface area (TPSA) is 46.9 Å². The van der Waals surface area contributed by atoms with Crippen LogP contribution in [0.4, 0.5) is 10.1 Å². The Labute approximate surface area is 106 Å². The predicted molar refractivity (Wildman–Crippen MR) is 65.3 cm³/mol. The number of hydrogen-bond donors (Lipinski definition) is 1. The molecule has 1 heterocycles. The molecule has 0 unspecified atom stereocenters. The summed E-state index contributed by atoms with van der Waals surface area (Å²) < 4.78 is 15.0. The molecule has 0 aliphatic rings. The van der Waals surface area contributed by atoms with Gasteiger partial charge in [-0.15, -0.1) is 0 Å². The van der Waals surface area contributed by atoms with Gasteiger partial charge < -0.3 is 5.32 Å². The number of rotatable bonds is 2. The molecule has 6 heteroatoms. The number of hydrogen-bond acceptors (Lipinski definition) is 2. The molecule has 1 aromatic carbocycles. The zero-order valence-corrected chi connectivity index (χ0v) is 10.5. The summed E-state index contributed by atoms with van der Waals surface area (Å²) >= 11 is 3.04. The lowest BCUT2D eigenvalue weighted by Crippen LogP contribution is -2.16. The molecule has 0 saturated carbocycles. The summed E-state index contributed by atoms with van der Waals surface area (Å²) in [6.07, 6.45) is 1.52. The molecule has 0 saturated heterocycles. The minimum Gasteiger partial charge on any atom is -0.321 e. The van der Waals surface area contributed by atoms with Crippen molar-refractivity contribution in [3.63, 3.8) is 0 Å². The summed E-state index contributed by atoms with van der Waals surface area (Å²) in [5, 5.41) is 6.48. The van der Waals surface area contributed by atoms with Crippen LogP contribution in [0.3, 0.4) is 0 Å². The van der Waals surface area contributed by atoms with Crippen LogP contribution in [0, 0.1) is 5.82 Å². The number of anilines is 1. The molecule has 0 bridgehead atoms. The normalized spacial score (nSPS) is 10.3. The van der Waals surface area contributed by atoms with Crippen LogP contribution < -0.4 is 5.32 Å². The van der Waals surface area contributed by atoms with E-state index in [1.165, 1.54) is 23.0 Å². The average Bonchev–Trinajstić information content (AvgIpc) is 2.70. The van der Waals surface area contributed by atoms with Gasteiger partial charge in [0.2, 0.25) is 0 Å². The standard InChI is InChI=1S/C11H9BrFN3O/c1-16-10(4-5-14-16)11(17)15-7-2-3-8(12)9(13)6-7/h2-6H,1H3,(H,15,17). The zero-order valence-electron chi connectivity index (χ0n) is 8.95. The highest BCUT2D eigenvalue weighted by Gasteiger charge is 2.10. The van der Waals surface area contributed by atoms with E-state index in [2.05, 4.69) is 26.3 Å². The van der Waals surface area contributed by atoms with Gasteiger partial charge in [-0.25, -0.2) is 4.39 Å². The molecule has 2 rings (SSSR count). The summed E-state index contributed by atoms with van der Waals surface area (Å²) in [6.45, 7) is 0. The lowest BCUT2D eigenvalue weighted by molar-refractivity contribution is 0.101. The Morgan fingerprint density at radius 1 is 1.47 bits per heavy atom. The number of nitrogens with one attached hydrogen (secondary N) is 1. The first-order valence-corrected chi connectivity index (χ1v) is 5.61. The van der Waals surface area contributed by atoms with Gasteiger partial charge in [-0.2, -0.15) is 5.10 Å². The van der Waals surface area contributed by atoms with Crippen LogP contribution >= 0.6 is 15.9 Å². The molecule has 0 fully saturated rings. The summed E-state index contributed by atoms with van der Waals surface area (Å²) in [4.78, 5) is 11.8. The van der Waals surface area contributed by atoms with E-state index < -0.39 is 5.82 Å². The molecule has 2 aromatic rings. The third-order valence-corrected chi connectivity index (χ3v) is 2.87. The second-order valence-corrected chi connectivity index (χ2v) is 4.28. The van der Waals surface area contributed by atoms with Crippen LogP contribution in [0.1, 0.15) is 10.5 Å². The second kappa shape index (κ2) is 4.67. The van der Waals surface area contributed by atoms with Gasteiger partial charge in [0.1, 0.15) is 11.5 Å². The van der Waals surface area contributed by atoms with E-state index in [4.69, 9.17) is 0 Å². The SMILES string of the molecule is Cn1nccc1C(=O)Nc1ccc(Br)c(F)c1. The van der Waals surface area contributed by atoms with Crippen LogP contribution in [0.15, 0.2) is 34.9 Å². The Hall–Kier alpha value is -1.69. The van der Waals surface area contributed by atoms with E-state index >= 15 is 0 Å². The van der Waals surface area contributed by atoms with Crippen LogP contribution in [0.2, 0.25) is 0 Å². The van der Waals surface area contributed by atoms with Crippen molar-refractivity contribution in [3.05, 3.63) is 46.4 Å². The Morgan fingerprint density at radius 2 is 2.24 bits per heavy atom. The molecular weight excluding hydrogens is 289 g/mol. The smallest absolute Gasteiger partial charge is 0.273 e. The van der Waals surface area contributed by atoms with E-state index in [0.29, 0.717) is 15.9 Å². The van der Waals surface area contributed by atoms with Crippen molar-refractivity contribution in [1.29, 1.82) is 0 Å². The first-order chi connectivity index (χ1) is 8.08. The lowest BCUT2D eigenvalue weighted by Gasteiger charge is -2.05. The number of aryl methyl sites for hydroxylation is 1. The largest absolute Gasteiger partial charge is 0.321 e. The van der Waals surface area contributed by atoms with Crippen molar-refractivity contribution < 1.29 is 9.18 Å². The Kier molecular flexibility index (Phi) is 3.23. The molecule has 0 atom stereocenters. The molecule has 4 nitrogen and oxygen atoms in total. The predicted octanol–water partition coefficient (Wildman–Crippen LogP) is 2.57. The van der Waals surface area contributed by atoms with Gasteiger partial charge in [0.05, 0.1) is 4.47 Å². The molecule has 0 radical (unpaired) electrons. The molecule has 0 aliphatic carbocycles. The van der Waals surface area contributed by atoms with Crippen molar-refractivity contribution in [3.8, 4) is 0 Å². The van der Waals surface area contributed by atoms with Crippen molar-refractivity contribution in [2.75, 3.05) is 5.32 Å². The number of amides is 1. The minimum atomic E-state index is -0.423. The van der Waals surface area contributed by atoms with Gasteiger partial charge in [-0.05, 0) is 40.2 Å². The molecule has 1 N–H and O–H groups in total. The summed E-state index contributed by atoms with van der Waals surface area (Å²) in [6, 6.07) is 5.98. The highest BCUT2D eigenvalue weighted by Crippen LogP contribution is 2.19. The summed E-state index contributed by atoms with van der Waals surface area (Å²) in [5.74, 6) is -0.750. The Balaban J connectivity index is 2.19. The maximum Gasteiger partial charge on any atom is 0.273 e. The third kappa shape index (κ3) is 2.52. The maximum atomic E-state index is 13.2. The lowest BCUT2D eigenvalue weighted by atomic mass is 10.3. The molecule has 1 amide bonds. The van der Waals surface area contributed by atoms with Gasteiger partial charge in [0, 0.05) is 18.9 Å². The van der Waals surface area contributed by atoms with Crippen molar-refractivity contribution in [2.45, 2.75) is 0 Å². The highest BCUT2D eigenvalue weighted by atomic mass is 79.9. The number of aromatic nitrogens is 2. The number of carbonyl (C=O) groups is 1. The second-order valence-electron chi connectivity index (χ2n) is 3.42. The first-order valence-electron chi connectivity index (χ1n) is 4.82. The number of carbonyl (C=O) groups excluding carboxylic acids is 1. The van der Waals surface area contributed by atoms with Crippen LogP contribution in [0.25, 0.3) is 0 Å². The molecular formula is C11H9BrFN3O. The van der Waals surface area contributed by atoms with Crippen LogP contribution in [-0.4, -0.2) is 15.7 Å². The number of benzene rings is 1. The van der Waals surface area contributed by atoms with E-state index in [9.17, 15) is 9.18 Å². The zero-order chi connectivity index (χ0) is 12.4. The van der Waals surface area contributed by atoms with Crippen molar-refractivity contribution >= 4 is 27.5 Å². The van der Waals surface area contributed by atoms with Crippen LogP contribution in [0.5, 0.6) is 0 Å². The van der Waals surface area contributed by atoms with E-state index in [1.54, 1.807) is 19.2 Å². The van der Waals surface area contributed by atoms with Gasteiger partial charge in [0.25, 0.3) is 5.91 Å². The van der Waals surface area contributed by atoms with Gasteiger partial charge in [0.15, 0.2) is 0 Å². The fourth-order valence-electron chi connectivity index (χ4n) is 1.37. The van der Waals surface area contributed by atoms with Gasteiger partial charge in [-0.1, -0.05) is 0 Å². The maximum absolute atomic E-state index is 13.2. The monoisotopic (exact) mass is 297 g/mol. The highest BCUT2D eigenvalue weighted by molar-refractivity contribution is 9.10. The average molecular weight is 298 g/mol. The van der Waals surface area contributed by atoms with Gasteiger partial charge >= 0.3 is 0 Å². The Bertz CT molecular complexity index is 568. The summed E-state index contributed by atoms with van der Waals surface area (Å²) in [7, 11) is 1.66. The molecule has 0 aliphatic heterocycles. The van der Waals surface area contributed by atoms with Gasteiger partial charge in [-0.3, -0.25) is 9.48 Å². The minimum absolute atomic E-state index is 0.327. The van der Waals surface area contributed by atoms with E-state index in [-0.39, 0.29) is 5.91 Å². The van der Waals surface area contributed by atoms with Crippen molar-refractivity contribution in [2.24, 2.45) is 7.05 Å². The molecule has 17 heavy (non-hydrogen) atoms. The fraction of sp³-hybridized carbons (Fsp3) is 0.0909. The Morgan fingerprint density at radius 3 is 2.82 bits per heavy atom. The summed E-state index contributed by atoms with van der Waals surface area (Å²) in [5.41, 5.74) is 0.810. The number of halogens is 2. The van der Waals surface area contributed by atoms with Crippen LogP contribution in [-0.2, 0) is 7.05 Å². The van der Waals surface area contributed by atoms with E-state index in [1.807, 2.05) is 0 Å². The molecule has 1 aromatic heterocycles. The van der Waals surface area contributed by atoms with Crippen molar-refractivity contribution in [1.82, 2.24) is 9.78 Å². The quantitative estimate of drug-likeness (QED) is 0.926. The molecule has 0 spiro atoms.